The highest BCUT2D eigenvalue weighted by Crippen LogP contribution is 2.40. The number of nitro benzene ring substituents is 1. The maximum atomic E-state index is 11.3. The zero-order valence-electron chi connectivity index (χ0n) is 12.0. The van der Waals surface area contributed by atoms with Crippen LogP contribution < -0.4 is 9.64 Å². The van der Waals surface area contributed by atoms with E-state index in [1.807, 2.05) is 4.90 Å². The Hall–Kier alpha value is -2.31. The number of carboxylic acids is 1. The Kier molecular flexibility index (Phi) is 4.30. The van der Waals surface area contributed by atoms with Gasteiger partial charge in [0.2, 0.25) is 0 Å². The first-order valence-electron chi connectivity index (χ1n) is 6.78. The van der Waals surface area contributed by atoms with Gasteiger partial charge in [-0.15, -0.1) is 0 Å². The number of hydrogen-bond acceptors (Lipinski definition) is 5. The maximum absolute atomic E-state index is 11.3. The molecule has 1 aliphatic rings. The summed E-state index contributed by atoms with van der Waals surface area (Å²) in [4.78, 5) is 23.7. The van der Waals surface area contributed by atoms with Crippen LogP contribution in [0.5, 0.6) is 5.75 Å². The Morgan fingerprint density at radius 1 is 1.43 bits per heavy atom. The fourth-order valence-electron chi connectivity index (χ4n) is 2.56. The van der Waals surface area contributed by atoms with Gasteiger partial charge in [-0.3, -0.25) is 10.1 Å². The zero-order valence-corrected chi connectivity index (χ0v) is 12.0. The lowest BCUT2D eigenvalue weighted by Crippen LogP contribution is -2.33. The Morgan fingerprint density at radius 3 is 2.52 bits per heavy atom. The van der Waals surface area contributed by atoms with Crippen LogP contribution in [0.25, 0.3) is 0 Å². The molecule has 0 bridgehead atoms. The number of ether oxygens (including phenoxy) is 1. The molecule has 7 heteroatoms. The van der Waals surface area contributed by atoms with Crippen LogP contribution in [0.15, 0.2) is 12.1 Å². The molecule has 1 aromatic rings. The summed E-state index contributed by atoms with van der Waals surface area (Å²) in [6, 6.07) is 2.43. The predicted octanol–water partition coefficient (Wildman–Crippen LogP) is 2.54. The van der Waals surface area contributed by atoms with Gasteiger partial charge < -0.3 is 14.7 Å². The van der Waals surface area contributed by atoms with Crippen LogP contribution in [-0.4, -0.2) is 36.2 Å². The number of carbonyl (C=O) groups is 1. The number of methoxy groups -OCH3 is 1. The summed E-state index contributed by atoms with van der Waals surface area (Å²) in [5.74, 6) is -0.393. The van der Waals surface area contributed by atoms with E-state index in [2.05, 4.69) is 6.92 Å². The second-order valence-electron chi connectivity index (χ2n) is 5.28. The fraction of sp³-hybridized carbons (Fsp3) is 0.500. The first-order chi connectivity index (χ1) is 9.93. The van der Waals surface area contributed by atoms with Gasteiger partial charge in [0.1, 0.15) is 5.75 Å². The van der Waals surface area contributed by atoms with Crippen molar-refractivity contribution in [1.82, 2.24) is 0 Å². The highest BCUT2D eigenvalue weighted by molar-refractivity contribution is 5.91. The van der Waals surface area contributed by atoms with Gasteiger partial charge in [-0.05, 0) is 24.8 Å². The third-order valence-corrected chi connectivity index (χ3v) is 3.82. The van der Waals surface area contributed by atoms with Gasteiger partial charge in [-0.25, -0.2) is 4.79 Å². The molecule has 0 spiro atoms. The summed E-state index contributed by atoms with van der Waals surface area (Å²) in [6.45, 7) is 3.55. The molecule has 1 fully saturated rings. The lowest BCUT2D eigenvalue weighted by molar-refractivity contribution is -0.384. The van der Waals surface area contributed by atoms with E-state index in [0.717, 1.165) is 18.9 Å². The molecule has 2 rings (SSSR count). The molecule has 1 saturated heterocycles. The molecule has 1 heterocycles. The van der Waals surface area contributed by atoms with Crippen molar-refractivity contribution in [3.63, 3.8) is 0 Å². The smallest absolute Gasteiger partial charge is 0.336 e. The minimum atomic E-state index is -1.21. The number of nitrogens with zero attached hydrogens (tertiary/aromatic N) is 2. The predicted molar refractivity (Wildman–Crippen MR) is 77.2 cm³/mol. The van der Waals surface area contributed by atoms with Gasteiger partial charge in [-0.2, -0.15) is 0 Å². The number of rotatable bonds is 4. The van der Waals surface area contributed by atoms with Crippen LogP contribution >= 0.6 is 0 Å². The summed E-state index contributed by atoms with van der Waals surface area (Å²) < 4.78 is 5.20. The van der Waals surface area contributed by atoms with Crippen LogP contribution in [-0.2, 0) is 0 Å². The Morgan fingerprint density at radius 2 is 2.05 bits per heavy atom. The van der Waals surface area contributed by atoms with Gasteiger partial charge in [0.25, 0.3) is 5.69 Å². The average molecular weight is 294 g/mol. The normalized spacial score (nSPS) is 15.8. The van der Waals surface area contributed by atoms with Crippen molar-refractivity contribution in [2.45, 2.75) is 19.8 Å². The van der Waals surface area contributed by atoms with E-state index in [4.69, 9.17) is 9.84 Å². The van der Waals surface area contributed by atoms with E-state index in [9.17, 15) is 14.9 Å². The molecular weight excluding hydrogens is 276 g/mol. The summed E-state index contributed by atoms with van der Waals surface area (Å²) in [5, 5.41) is 20.4. The molecule has 21 heavy (non-hydrogen) atoms. The largest absolute Gasteiger partial charge is 0.494 e. The third-order valence-electron chi connectivity index (χ3n) is 3.82. The van der Waals surface area contributed by atoms with E-state index >= 15 is 0 Å². The first kappa shape index (κ1) is 15.1. The SMILES string of the molecule is COc1cc(C(=O)O)cc([N+](=O)[O-])c1N1CCC(C)CC1. The lowest BCUT2D eigenvalue weighted by atomic mass is 9.98. The highest BCUT2D eigenvalue weighted by atomic mass is 16.6. The van der Waals surface area contributed by atoms with Crippen molar-refractivity contribution in [2.24, 2.45) is 5.92 Å². The summed E-state index contributed by atoms with van der Waals surface area (Å²) >= 11 is 0. The lowest BCUT2D eigenvalue weighted by Gasteiger charge is -2.32. The van der Waals surface area contributed by atoms with Gasteiger partial charge in [-0.1, -0.05) is 6.92 Å². The molecule has 0 aromatic heterocycles. The molecule has 1 aliphatic heterocycles. The standard InChI is InChI=1S/C14H18N2O5/c1-9-3-5-15(6-4-9)13-11(16(19)20)7-10(14(17)18)8-12(13)21-2/h7-9H,3-6H2,1-2H3,(H,17,18). The molecular formula is C14H18N2O5. The molecule has 0 amide bonds. The minimum Gasteiger partial charge on any atom is -0.494 e. The van der Waals surface area contributed by atoms with Crippen molar-refractivity contribution in [2.75, 3.05) is 25.1 Å². The van der Waals surface area contributed by atoms with Gasteiger partial charge in [0.15, 0.2) is 5.69 Å². The van der Waals surface area contributed by atoms with Crippen LogP contribution in [0.4, 0.5) is 11.4 Å². The van der Waals surface area contributed by atoms with Crippen molar-refractivity contribution >= 4 is 17.3 Å². The minimum absolute atomic E-state index is 0.146. The first-order valence-corrected chi connectivity index (χ1v) is 6.78. The molecule has 0 radical (unpaired) electrons. The number of piperidine rings is 1. The van der Waals surface area contributed by atoms with Crippen LogP contribution in [0.1, 0.15) is 30.1 Å². The van der Waals surface area contributed by atoms with Crippen LogP contribution in [0, 0.1) is 16.0 Å². The molecule has 1 aromatic carbocycles. The monoisotopic (exact) mass is 294 g/mol. The number of hydrogen-bond donors (Lipinski definition) is 1. The van der Waals surface area contributed by atoms with Crippen molar-refractivity contribution in [1.29, 1.82) is 0 Å². The molecule has 0 atom stereocenters. The van der Waals surface area contributed by atoms with E-state index < -0.39 is 10.9 Å². The average Bonchev–Trinajstić information content (AvgIpc) is 2.46. The van der Waals surface area contributed by atoms with Crippen molar-refractivity contribution < 1.29 is 19.6 Å². The number of anilines is 1. The van der Waals surface area contributed by atoms with E-state index in [1.165, 1.54) is 13.2 Å². The molecule has 0 aliphatic carbocycles. The molecule has 114 valence electrons. The summed E-state index contributed by atoms with van der Waals surface area (Å²) in [5.41, 5.74) is 0.00776. The van der Waals surface area contributed by atoms with E-state index in [0.29, 0.717) is 24.7 Å². The van der Waals surface area contributed by atoms with Gasteiger partial charge in [0, 0.05) is 19.2 Å². The van der Waals surface area contributed by atoms with Gasteiger partial charge >= 0.3 is 5.97 Å². The number of benzene rings is 1. The number of carboxylic acid groups (broad SMARTS) is 1. The quantitative estimate of drug-likeness (QED) is 0.677. The summed E-state index contributed by atoms with van der Waals surface area (Å²) in [6.07, 6.45) is 1.89. The zero-order chi connectivity index (χ0) is 15.6. The van der Waals surface area contributed by atoms with Crippen molar-refractivity contribution in [3.8, 4) is 5.75 Å². The molecule has 1 N–H and O–H groups in total. The van der Waals surface area contributed by atoms with Crippen LogP contribution in [0.2, 0.25) is 0 Å². The Labute approximate surface area is 122 Å². The topological polar surface area (TPSA) is 92.9 Å². The molecule has 0 saturated carbocycles. The maximum Gasteiger partial charge on any atom is 0.336 e. The Balaban J connectivity index is 2.51. The summed E-state index contributed by atoms with van der Waals surface area (Å²) in [7, 11) is 1.39. The van der Waals surface area contributed by atoms with E-state index in [-0.39, 0.29) is 17.0 Å². The molecule has 7 nitrogen and oxygen atoms in total. The van der Waals surface area contributed by atoms with E-state index in [1.54, 1.807) is 0 Å². The van der Waals surface area contributed by atoms with Gasteiger partial charge in [0.05, 0.1) is 17.6 Å². The second kappa shape index (κ2) is 5.99. The molecule has 0 unspecified atom stereocenters. The highest BCUT2D eigenvalue weighted by Gasteiger charge is 2.29. The van der Waals surface area contributed by atoms with Crippen molar-refractivity contribution in [3.05, 3.63) is 27.8 Å². The van der Waals surface area contributed by atoms with Crippen LogP contribution in [0.3, 0.4) is 0 Å². The third kappa shape index (κ3) is 3.07. The number of nitro groups is 1. The second-order valence-corrected chi connectivity index (χ2v) is 5.28. The number of aromatic carboxylic acids is 1. The fourth-order valence-corrected chi connectivity index (χ4v) is 2.56. The Bertz CT molecular complexity index is 565.